The predicted molar refractivity (Wildman–Crippen MR) is 249 cm³/mol. The SMILES string of the molecule is COc1ccc(C23C(=O)N(Nc4ccc(Cl)cc4Cl)C(=O)C2CC2C(=CCC4C(=O)N(c5ccc(C=Cc6cc(OC)ccc6OC)cc5)C(=O)C42)C3c2c(O)cc(OC)cc2OC)cc1. The zero-order valence-electron chi connectivity index (χ0n) is 36.5. The number of benzene rings is 5. The van der Waals surface area contributed by atoms with Crippen molar-refractivity contribution in [3.05, 3.63) is 141 Å². The summed E-state index contributed by atoms with van der Waals surface area (Å²) in [5, 5.41) is 13.6. The Balaban J connectivity index is 1.16. The zero-order chi connectivity index (χ0) is 46.6. The van der Waals surface area contributed by atoms with Gasteiger partial charge in [-0.3, -0.25) is 29.5 Å². The number of phenols is 1. The highest BCUT2D eigenvalue weighted by Crippen LogP contribution is 2.66. The van der Waals surface area contributed by atoms with Crippen LogP contribution in [0.15, 0.2) is 109 Å². The average molecular weight is 931 g/mol. The average Bonchev–Trinajstić information content (AvgIpc) is 3.71. The Morgan fingerprint density at radius 3 is 2.06 bits per heavy atom. The topological polar surface area (TPSA) is 153 Å². The molecule has 0 bridgehead atoms. The van der Waals surface area contributed by atoms with E-state index in [0.717, 1.165) is 16.1 Å². The number of hydrogen-bond acceptors (Lipinski definition) is 11. The number of allylic oxidation sites excluding steroid dienone is 2. The number of nitrogens with one attached hydrogen (secondary N) is 1. The third-order valence-electron chi connectivity index (χ3n) is 13.5. The molecule has 2 saturated heterocycles. The lowest BCUT2D eigenvalue weighted by molar-refractivity contribution is -0.138. The van der Waals surface area contributed by atoms with Crippen molar-refractivity contribution in [1.29, 1.82) is 0 Å². The monoisotopic (exact) mass is 929 g/mol. The summed E-state index contributed by atoms with van der Waals surface area (Å²) in [6.45, 7) is 0. The molecule has 9 rings (SSSR count). The lowest BCUT2D eigenvalue weighted by Gasteiger charge is -2.50. The lowest BCUT2D eigenvalue weighted by Crippen LogP contribution is -2.53. The number of imide groups is 2. The molecule has 2 heterocycles. The molecule has 1 saturated carbocycles. The quantitative estimate of drug-likeness (QED) is 0.0700. The number of halogens is 2. The summed E-state index contributed by atoms with van der Waals surface area (Å²) in [7, 11) is 7.60. The van der Waals surface area contributed by atoms with Crippen LogP contribution < -0.4 is 34.0 Å². The van der Waals surface area contributed by atoms with Crippen LogP contribution in [-0.4, -0.2) is 69.3 Å². The second-order valence-electron chi connectivity index (χ2n) is 16.5. The lowest BCUT2D eigenvalue weighted by atomic mass is 9.49. The molecule has 2 N–H and O–H groups in total. The van der Waals surface area contributed by atoms with Crippen LogP contribution in [0.3, 0.4) is 0 Å². The Bertz CT molecular complexity index is 2850. The van der Waals surface area contributed by atoms with Gasteiger partial charge in [-0.1, -0.05) is 71.3 Å². The summed E-state index contributed by atoms with van der Waals surface area (Å²) >= 11 is 12.8. The van der Waals surface area contributed by atoms with Gasteiger partial charge in [0.2, 0.25) is 11.8 Å². The highest BCUT2D eigenvalue weighted by atomic mass is 35.5. The number of amides is 4. The summed E-state index contributed by atoms with van der Waals surface area (Å²) in [6.07, 6.45) is 5.85. The molecule has 13 nitrogen and oxygen atoms in total. The first kappa shape index (κ1) is 44.3. The third-order valence-corrected chi connectivity index (χ3v) is 14.0. The van der Waals surface area contributed by atoms with E-state index >= 15 is 14.4 Å². The molecule has 2 aliphatic carbocycles. The van der Waals surface area contributed by atoms with E-state index in [2.05, 4.69) is 5.43 Å². The van der Waals surface area contributed by atoms with Gasteiger partial charge in [-0.05, 0) is 90.6 Å². The first-order valence-electron chi connectivity index (χ1n) is 21.2. The number of rotatable bonds is 12. The molecule has 5 aromatic rings. The minimum Gasteiger partial charge on any atom is -0.507 e. The fourth-order valence-corrected chi connectivity index (χ4v) is 10.9. The van der Waals surface area contributed by atoms with Gasteiger partial charge >= 0.3 is 0 Å². The van der Waals surface area contributed by atoms with E-state index in [1.807, 2.05) is 48.6 Å². The normalized spacial score (nSPS) is 23.3. The molecule has 0 radical (unpaired) electrons. The molecule has 15 heteroatoms. The van der Waals surface area contributed by atoms with Gasteiger partial charge in [0.25, 0.3) is 11.8 Å². The number of carbonyl (C=O) groups excluding carboxylic acids is 4. The van der Waals surface area contributed by atoms with Crippen LogP contribution in [0.1, 0.15) is 41.0 Å². The minimum atomic E-state index is -1.74. The molecule has 6 atom stereocenters. The minimum absolute atomic E-state index is 0.0101. The molecule has 338 valence electrons. The summed E-state index contributed by atoms with van der Waals surface area (Å²) in [5.41, 5.74) is 4.79. The third kappa shape index (κ3) is 7.08. The molecule has 0 aromatic heterocycles. The van der Waals surface area contributed by atoms with Crippen LogP contribution >= 0.6 is 23.2 Å². The number of phenolic OH excluding ortho intramolecular Hbond substituents is 1. The van der Waals surface area contributed by atoms with Crippen LogP contribution in [0.5, 0.6) is 34.5 Å². The van der Waals surface area contributed by atoms with Crippen molar-refractivity contribution in [2.24, 2.45) is 23.7 Å². The smallest absolute Gasteiger partial charge is 0.260 e. The second kappa shape index (κ2) is 17.4. The molecule has 2 aliphatic heterocycles. The van der Waals surface area contributed by atoms with Crippen LogP contribution in [0.2, 0.25) is 10.0 Å². The van der Waals surface area contributed by atoms with Gasteiger partial charge in [0, 0.05) is 34.2 Å². The zero-order valence-corrected chi connectivity index (χ0v) is 38.1. The van der Waals surface area contributed by atoms with Gasteiger partial charge in [-0.2, -0.15) is 5.01 Å². The van der Waals surface area contributed by atoms with E-state index in [0.29, 0.717) is 39.1 Å². The molecular formula is C51H45Cl2N3O10. The van der Waals surface area contributed by atoms with Gasteiger partial charge in [-0.15, -0.1) is 0 Å². The van der Waals surface area contributed by atoms with Crippen LogP contribution in [-0.2, 0) is 24.6 Å². The Labute approximate surface area is 391 Å². The first-order chi connectivity index (χ1) is 31.9. The van der Waals surface area contributed by atoms with E-state index in [-0.39, 0.29) is 52.3 Å². The van der Waals surface area contributed by atoms with Gasteiger partial charge in [0.05, 0.1) is 75.1 Å². The van der Waals surface area contributed by atoms with Crippen molar-refractivity contribution in [2.45, 2.75) is 24.2 Å². The van der Waals surface area contributed by atoms with Crippen molar-refractivity contribution >= 4 is 70.4 Å². The molecule has 4 amide bonds. The summed E-state index contributed by atoms with van der Waals surface area (Å²) < 4.78 is 27.9. The number of aromatic hydroxyl groups is 1. The van der Waals surface area contributed by atoms with Crippen molar-refractivity contribution in [3.8, 4) is 34.5 Å². The van der Waals surface area contributed by atoms with Gasteiger partial charge in [-0.25, -0.2) is 0 Å². The number of anilines is 2. The largest absolute Gasteiger partial charge is 0.507 e. The number of carbonyl (C=O) groups is 4. The Kier molecular flexibility index (Phi) is 11.7. The number of hydrazine groups is 1. The second-order valence-corrected chi connectivity index (χ2v) is 17.4. The maximum atomic E-state index is 15.7. The fraction of sp³-hybridized carbons (Fsp3) is 0.255. The summed E-state index contributed by atoms with van der Waals surface area (Å²) in [5.74, 6) is -4.59. The van der Waals surface area contributed by atoms with Crippen molar-refractivity contribution in [3.63, 3.8) is 0 Å². The number of methoxy groups -OCH3 is 5. The van der Waals surface area contributed by atoms with Gasteiger partial charge in [0.15, 0.2) is 0 Å². The summed E-state index contributed by atoms with van der Waals surface area (Å²) in [6, 6.07) is 27.1. The van der Waals surface area contributed by atoms with E-state index in [4.69, 9.17) is 46.9 Å². The Morgan fingerprint density at radius 1 is 0.697 bits per heavy atom. The van der Waals surface area contributed by atoms with Crippen LogP contribution in [0.25, 0.3) is 12.2 Å². The summed E-state index contributed by atoms with van der Waals surface area (Å²) in [4.78, 5) is 61.7. The van der Waals surface area contributed by atoms with Gasteiger partial charge < -0.3 is 28.8 Å². The number of hydrogen-bond donors (Lipinski definition) is 2. The molecule has 4 aliphatic rings. The molecular weight excluding hydrogens is 885 g/mol. The van der Waals surface area contributed by atoms with E-state index in [1.165, 1.54) is 38.4 Å². The number of ether oxygens (including phenoxy) is 5. The molecule has 0 spiro atoms. The van der Waals surface area contributed by atoms with E-state index < -0.39 is 52.7 Å². The van der Waals surface area contributed by atoms with E-state index in [1.54, 1.807) is 68.8 Å². The standard InChI is InChI=1S/C51H45Cl2N3O10/c1-62-32-15-10-29(11-16-32)51-38(48(59)56(50(51)61)54-40-20-12-30(52)23-39(40)53)26-37-35(46(51)45-41(57)24-34(64-3)25-43(45)66-5)18-19-36-44(37)49(60)55(47(36)58)31-13-7-27(8-14-31)6-9-28-22-33(63-2)17-21-42(28)65-4/h6-18,20-25,36-38,44,46,54,57H,19,26H2,1-5H3. The Morgan fingerprint density at radius 2 is 1.39 bits per heavy atom. The number of nitrogens with zero attached hydrogens (tertiary/aromatic N) is 2. The highest BCUT2D eigenvalue weighted by Gasteiger charge is 2.71. The van der Waals surface area contributed by atoms with E-state index in [9.17, 15) is 9.90 Å². The predicted octanol–water partition coefficient (Wildman–Crippen LogP) is 9.10. The van der Waals surface area contributed by atoms with Crippen LogP contribution in [0.4, 0.5) is 11.4 Å². The fourth-order valence-electron chi connectivity index (χ4n) is 10.5. The van der Waals surface area contributed by atoms with Gasteiger partial charge in [0.1, 0.15) is 34.5 Å². The molecule has 3 fully saturated rings. The maximum absolute atomic E-state index is 15.7. The van der Waals surface area contributed by atoms with Crippen molar-refractivity contribution in [1.82, 2.24) is 5.01 Å². The molecule has 5 aromatic carbocycles. The Hall–Kier alpha value is -6.96. The number of fused-ring (bicyclic) bond motifs is 4. The van der Waals surface area contributed by atoms with Crippen LogP contribution in [0, 0.1) is 23.7 Å². The first-order valence-corrected chi connectivity index (χ1v) is 21.9. The van der Waals surface area contributed by atoms with Crippen molar-refractivity contribution in [2.75, 3.05) is 45.9 Å². The molecule has 6 unspecified atom stereocenters. The maximum Gasteiger partial charge on any atom is 0.260 e. The van der Waals surface area contributed by atoms with Crippen molar-refractivity contribution < 1.29 is 48.0 Å². The molecule has 66 heavy (non-hydrogen) atoms. The highest BCUT2D eigenvalue weighted by molar-refractivity contribution is 6.36.